The minimum absolute atomic E-state index is 0. The summed E-state index contributed by atoms with van der Waals surface area (Å²) >= 11 is 0. The normalized spacial score (nSPS) is 16.3. The lowest BCUT2D eigenvalue weighted by Crippen LogP contribution is -2.39. The van der Waals surface area contributed by atoms with Crippen molar-refractivity contribution in [2.75, 3.05) is 13.1 Å². The second kappa shape index (κ2) is 7.95. The Morgan fingerprint density at radius 1 is 1.00 bits per heavy atom. The van der Waals surface area contributed by atoms with Crippen LogP contribution in [0.1, 0.15) is 18.4 Å². The van der Waals surface area contributed by atoms with Gasteiger partial charge in [-0.25, -0.2) is 4.39 Å². The number of likely N-dealkylation sites (tertiary alicyclic amines) is 1. The zero-order chi connectivity index (χ0) is 13.2. The van der Waals surface area contributed by atoms with E-state index in [-0.39, 0.29) is 30.6 Å². The van der Waals surface area contributed by atoms with Gasteiger partial charge < -0.3 is 5.73 Å². The SMILES string of the molecule is Cl.Cl.NC1CCN(Cc2ccc3cc(F)ccc3c2)CC1. The van der Waals surface area contributed by atoms with Gasteiger partial charge >= 0.3 is 0 Å². The van der Waals surface area contributed by atoms with Crippen molar-refractivity contribution in [3.8, 4) is 0 Å². The van der Waals surface area contributed by atoms with Gasteiger partial charge in [0.05, 0.1) is 0 Å². The number of hydrogen-bond acceptors (Lipinski definition) is 2. The first-order valence-corrected chi connectivity index (χ1v) is 6.87. The van der Waals surface area contributed by atoms with Crippen LogP contribution in [0.4, 0.5) is 4.39 Å². The molecule has 0 aromatic heterocycles. The molecule has 2 N–H and O–H groups in total. The number of hydrogen-bond donors (Lipinski definition) is 1. The van der Waals surface area contributed by atoms with Gasteiger partial charge in [0.15, 0.2) is 0 Å². The fourth-order valence-corrected chi connectivity index (χ4v) is 2.73. The van der Waals surface area contributed by atoms with Crippen molar-refractivity contribution >= 4 is 35.6 Å². The largest absolute Gasteiger partial charge is 0.328 e. The number of piperidine rings is 1. The van der Waals surface area contributed by atoms with E-state index >= 15 is 0 Å². The maximum atomic E-state index is 13.1. The molecule has 116 valence electrons. The quantitative estimate of drug-likeness (QED) is 0.908. The van der Waals surface area contributed by atoms with Crippen LogP contribution in [0.25, 0.3) is 10.8 Å². The molecule has 1 fully saturated rings. The summed E-state index contributed by atoms with van der Waals surface area (Å²) in [5, 5.41) is 2.07. The summed E-state index contributed by atoms with van der Waals surface area (Å²) in [7, 11) is 0. The first-order chi connectivity index (χ1) is 9.20. The van der Waals surface area contributed by atoms with E-state index < -0.39 is 0 Å². The van der Waals surface area contributed by atoms with Crippen LogP contribution in [-0.4, -0.2) is 24.0 Å². The third kappa shape index (κ3) is 4.55. The summed E-state index contributed by atoms with van der Waals surface area (Å²) in [5.41, 5.74) is 7.20. The third-order valence-corrected chi connectivity index (χ3v) is 3.91. The van der Waals surface area contributed by atoms with E-state index in [1.807, 2.05) is 12.1 Å². The second-order valence-electron chi connectivity index (χ2n) is 5.44. The molecule has 2 aromatic rings. The van der Waals surface area contributed by atoms with E-state index in [1.165, 1.54) is 11.6 Å². The van der Waals surface area contributed by atoms with Gasteiger partial charge in [-0.05, 0) is 60.5 Å². The summed E-state index contributed by atoms with van der Waals surface area (Å²) in [4.78, 5) is 2.44. The summed E-state index contributed by atoms with van der Waals surface area (Å²) in [5.74, 6) is -0.176. The number of nitrogens with two attached hydrogens (primary N) is 1. The molecule has 0 radical (unpaired) electrons. The van der Waals surface area contributed by atoms with Gasteiger partial charge in [0.1, 0.15) is 5.82 Å². The minimum Gasteiger partial charge on any atom is -0.328 e. The number of nitrogens with zero attached hydrogens (tertiary/aromatic N) is 1. The van der Waals surface area contributed by atoms with Crippen molar-refractivity contribution in [2.24, 2.45) is 5.73 Å². The number of benzene rings is 2. The lowest BCUT2D eigenvalue weighted by Gasteiger charge is -2.30. The average molecular weight is 331 g/mol. The maximum Gasteiger partial charge on any atom is 0.123 e. The van der Waals surface area contributed by atoms with Crippen LogP contribution in [0.2, 0.25) is 0 Å². The van der Waals surface area contributed by atoms with E-state index in [0.717, 1.165) is 43.2 Å². The third-order valence-electron chi connectivity index (χ3n) is 3.91. The lowest BCUT2D eigenvalue weighted by atomic mass is 10.0. The molecule has 0 atom stereocenters. The van der Waals surface area contributed by atoms with Crippen molar-refractivity contribution in [2.45, 2.75) is 25.4 Å². The van der Waals surface area contributed by atoms with E-state index in [4.69, 9.17) is 5.73 Å². The molecular formula is C16H21Cl2FN2. The van der Waals surface area contributed by atoms with Gasteiger partial charge in [0.2, 0.25) is 0 Å². The Hall–Kier alpha value is -0.870. The second-order valence-corrected chi connectivity index (χ2v) is 5.44. The van der Waals surface area contributed by atoms with Gasteiger partial charge in [-0.15, -0.1) is 24.8 Å². The Morgan fingerprint density at radius 3 is 2.33 bits per heavy atom. The van der Waals surface area contributed by atoms with Crippen LogP contribution in [-0.2, 0) is 6.54 Å². The maximum absolute atomic E-state index is 13.1. The highest BCUT2D eigenvalue weighted by molar-refractivity contribution is 5.85. The molecule has 0 amide bonds. The number of halogens is 3. The molecule has 1 heterocycles. The molecule has 1 aliphatic heterocycles. The van der Waals surface area contributed by atoms with Crippen LogP contribution in [0.5, 0.6) is 0 Å². The summed E-state index contributed by atoms with van der Waals surface area (Å²) in [6.45, 7) is 3.10. The molecule has 1 aliphatic rings. The van der Waals surface area contributed by atoms with E-state index in [1.54, 1.807) is 6.07 Å². The van der Waals surface area contributed by atoms with E-state index in [2.05, 4.69) is 17.0 Å². The van der Waals surface area contributed by atoms with Crippen LogP contribution in [0.3, 0.4) is 0 Å². The molecule has 5 heteroatoms. The number of fused-ring (bicyclic) bond motifs is 1. The summed E-state index contributed by atoms with van der Waals surface area (Å²) < 4.78 is 13.1. The topological polar surface area (TPSA) is 29.3 Å². The van der Waals surface area contributed by atoms with E-state index in [0.29, 0.717) is 6.04 Å². The van der Waals surface area contributed by atoms with Gasteiger partial charge in [0.25, 0.3) is 0 Å². The van der Waals surface area contributed by atoms with Crippen molar-refractivity contribution in [3.05, 3.63) is 47.8 Å². The highest BCUT2D eigenvalue weighted by Gasteiger charge is 2.15. The van der Waals surface area contributed by atoms with Crippen molar-refractivity contribution in [1.29, 1.82) is 0 Å². The molecule has 3 rings (SSSR count). The molecule has 1 saturated heterocycles. The average Bonchev–Trinajstić information content (AvgIpc) is 2.42. The van der Waals surface area contributed by atoms with Gasteiger partial charge in [-0.2, -0.15) is 0 Å². The molecule has 0 spiro atoms. The predicted molar refractivity (Wildman–Crippen MR) is 90.9 cm³/mol. The van der Waals surface area contributed by atoms with Gasteiger partial charge in [-0.3, -0.25) is 4.90 Å². The zero-order valence-electron chi connectivity index (χ0n) is 11.8. The fraction of sp³-hybridized carbons (Fsp3) is 0.375. The van der Waals surface area contributed by atoms with Crippen molar-refractivity contribution in [1.82, 2.24) is 4.90 Å². The fourth-order valence-electron chi connectivity index (χ4n) is 2.73. The van der Waals surface area contributed by atoms with Crippen molar-refractivity contribution < 1.29 is 4.39 Å². The monoisotopic (exact) mass is 330 g/mol. The highest BCUT2D eigenvalue weighted by atomic mass is 35.5. The zero-order valence-corrected chi connectivity index (χ0v) is 13.4. The Balaban J connectivity index is 0.00000110. The van der Waals surface area contributed by atoms with Crippen molar-refractivity contribution in [3.63, 3.8) is 0 Å². The van der Waals surface area contributed by atoms with E-state index in [9.17, 15) is 4.39 Å². The van der Waals surface area contributed by atoms with Gasteiger partial charge in [-0.1, -0.05) is 18.2 Å². The highest BCUT2D eigenvalue weighted by Crippen LogP contribution is 2.19. The summed E-state index contributed by atoms with van der Waals surface area (Å²) in [6.07, 6.45) is 2.16. The lowest BCUT2D eigenvalue weighted by molar-refractivity contribution is 0.206. The van der Waals surface area contributed by atoms with Crippen LogP contribution in [0, 0.1) is 5.82 Å². The Bertz CT molecular complexity index is 583. The first kappa shape index (κ1) is 18.2. The summed E-state index contributed by atoms with van der Waals surface area (Å²) in [6, 6.07) is 11.6. The minimum atomic E-state index is -0.176. The molecule has 0 saturated carbocycles. The molecule has 0 bridgehead atoms. The van der Waals surface area contributed by atoms with Gasteiger partial charge in [0, 0.05) is 12.6 Å². The predicted octanol–water partition coefficient (Wildman–Crippen LogP) is 3.75. The Kier molecular flexibility index (Phi) is 6.88. The Labute approximate surface area is 137 Å². The van der Waals surface area contributed by atoms with Crippen LogP contribution < -0.4 is 5.73 Å². The molecule has 0 aliphatic carbocycles. The Morgan fingerprint density at radius 2 is 1.62 bits per heavy atom. The van der Waals surface area contributed by atoms with Crippen LogP contribution in [0.15, 0.2) is 36.4 Å². The molecule has 2 nitrogen and oxygen atoms in total. The molecule has 2 aromatic carbocycles. The molecular weight excluding hydrogens is 310 g/mol. The van der Waals surface area contributed by atoms with Crippen LogP contribution >= 0.6 is 24.8 Å². The molecule has 21 heavy (non-hydrogen) atoms. The molecule has 0 unspecified atom stereocenters. The first-order valence-electron chi connectivity index (χ1n) is 6.87. The number of rotatable bonds is 2. The standard InChI is InChI=1S/C16H19FN2.2ClH/c17-15-4-3-13-9-12(1-2-14(13)10-15)11-19-7-5-16(18)6-8-19;;/h1-4,9-10,16H,5-8,11,18H2;2*1H. The smallest absolute Gasteiger partial charge is 0.123 e.